The second-order valence-corrected chi connectivity index (χ2v) is 7.25. The van der Waals surface area contributed by atoms with E-state index in [4.69, 9.17) is 4.74 Å². The van der Waals surface area contributed by atoms with Gasteiger partial charge >= 0.3 is 0 Å². The number of hydrogen-bond acceptors (Lipinski definition) is 6. The molecule has 0 spiro atoms. The maximum Gasteiger partial charge on any atom is 0.252 e. The Bertz CT molecular complexity index is 496. The van der Waals surface area contributed by atoms with Crippen LogP contribution in [0.4, 0.5) is 0 Å². The van der Waals surface area contributed by atoms with Gasteiger partial charge in [0.1, 0.15) is 24.4 Å². The second-order valence-electron chi connectivity index (χ2n) is 7.25. The Kier molecular flexibility index (Phi) is 9.21. The van der Waals surface area contributed by atoms with Crippen LogP contribution in [0, 0.1) is 11.8 Å². The molecule has 2 amide bonds. The second kappa shape index (κ2) is 10.6. The van der Waals surface area contributed by atoms with E-state index in [1.807, 2.05) is 20.8 Å². The summed E-state index contributed by atoms with van der Waals surface area (Å²) < 4.78 is 5.01. The monoisotopic (exact) mass is 372 g/mol. The number of methoxy groups -OCH3 is 1. The summed E-state index contributed by atoms with van der Waals surface area (Å²) in [5, 5.41) is 35.6. The normalized spacial score (nSPS) is 26.1. The number of allylic oxidation sites excluding steroid dienone is 1. The quantitative estimate of drug-likeness (QED) is 0.360. The SMILES string of the molecule is CO[C@@H](C(=O)N[C@H]1CC[C@H](C)CNC1=O)[C@H](O)[C@@H](O)[C@H](O)/C=C/C(C)C. The lowest BCUT2D eigenvalue weighted by atomic mass is 10.00. The van der Waals surface area contributed by atoms with E-state index >= 15 is 0 Å². The first-order valence-electron chi connectivity index (χ1n) is 9.00. The van der Waals surface area contributed by atoms with Crippen LogP contribution in [-0.2, 0) is 14.3 Å². The Morgan fingerprint density at radius 1 is 1.23 bits per heavy atom. The van der Waals surface area contributed by atoms with Crippen molar-refractivity contribution in [2.45, 2.75) is 64.1 Å². The summed E-state index contributed by atoms with van der Waals surface area (Å²) in [6, 6.07) is -0.722. The highest BCUT2D eigenvalue weighted by molar-refractivity contribution is 5.89. The van der Waals surface area contributed by atoms with Crippen LogP contribution in [0.1, 0.15) is 33.6 Å². The number of aliphatic hydroxyl groups is 3. The van der Waals surface area contributed by atoms with E-state index in [1.165, 1.54) is 13.2 Å². The first-order chi connectivity index (χ1) is 12.2. The molecule has 8 nitrogen and oxygen atoms in total. The number of amides is 2. The van der Waals surface area contributed by atoms with Gasteiger partial charge in [0.05, 0.1) is 0 Å². The van der Waals surface area contributed by atoms with Gasteiger partial charge in [0.15, 0.2) is 6.10 Å². The molecule has 1 aliphatic heterocycles. The highest BCUT2D eigenvalue weighted by atomic mass is 16.5. The minimum Gasteiger partial charge on any atom is -0.387 e. The van der Waals surface area contributed by atoms with Gasteiger partial charge in [-0.15, -0.1) is 0 Å². The summed E-state index contributed by atoms with van der Waals surface area (Å²) in [6.45, 7) is 6.36. The number of hydrogen-bond donors (Lipinski definition) is 5. The number of ether oxygens (including phenoxy) is 1. The van der Waals surface area contributed by atoms with Crippen LogP contribution in [0.5, 0.6) is 0 Å². The first kappa shape index (κ1) is 22.6. The fourth-order valence-electron chi connectivity index (χ4n) is 2.71. The Hall–Kier alpha value is -1.48. The summed E-state index contributed by atoms with van der Waals surface area (Å²) >= 11 is 0. The van der Waals surface area contributed by atoms with Crippen LogP contribution >= 0.6 is 0 Å². The summed E-state index contributed by atoms with van der Waals surface area (Å²) in [7, 11) is 1.21. The summed E-state index contributed by atoms with van der Waals surface area (Å²) in [5.74, 6) is -0.526. The van der Waals surface area contributed by atoms with Crippen molar-refractivity contribution in [2.75, 3.05) is 13.7 Å². The number of nitrogens with one attached hydrogen (secondary N) is 2. The van der Waals surface area contributed by atoms with Crippen molar-refractivity contribution in [3.8, 4) is 0 Å². The van der Waals surface area contributed by atoms with Crippen LogP contribution in [0.2, 0.25) is 0 Å². The molecular formula is C18H32N2O6. The third-order valence-corrected chi connectivity index (χ3v) is 4.42. The molecule has 1 rings (SSSR count). The van der Waals surface area contributed by atoms with E-state index < -0.39 is 36.4 Å². The van der Waals surface area contributed by atoms with E-state index in [1.54, 1.807) is 6.08 Å². The van der Waals surface area contributed by atoms with E-state index in [-0.39, 0.29) is 11.8 Å². The zero-order chi connectivity index (χ0) is 19.9. The van der Waals surface area contributed by atoms with Crippen LogP contribution < -0.4 is 10.6 Å². The standard InChI is InChI=1S/C18H32N2O6/c1-10(2)5-8-13(21)14(22)15(23)16(26-4)18(25)20-12-7-6-11(3)9-19-17(12)24/h5,8,10-16,21-23H,6-7,9H2,1-4H3,(H,19,24)(H,20,25)/b8-5+/t11-,12-,13+,14-,15+,16+/m0/s1. The number of carbonyl (C=O) groups is 2. The molecule has 6 atom stereocenters. The lowest BCUT2D eigenvalue weighted by Gasteiger charge is -2.28. The molecule has 0 aliphatic carbocycles. The van der Waals surface area contributed by atoms with Crippen LogP contribution in [-0.4, -0.2) is 71.2 Å². The molecule has 0 unspecified atom stereocenters. The van der Waals surface area contributed by atoms with Crippen molar-refractivity contribution in [2.24, 2.45) is 11.8 Å². The van der Waals surface area contributed by atoms with E-state index in [0.29, 0.717) is 18.9 Å². The highest BCUT2D eigenvalue weighted by Crippen LogP contribution is 2.14. The lowest BCUT2D eigenvalue weighted by Crippen LogP contribution is -2.55. The molecule has 0 radical (unpaired) electrons. The Morgan fingerprint density at radius 2 is 1.88 bits per heavy atom. The van der Waals surface area contributed by atoms with Gasteiger partial charge in [-0.3, -0.25) is 9.59 Å². The topological polar surface area (TPSA) is 128 Å². The van der Waals surface area contributed by atoms with Crippen LogP contribution in [0.25, 0.3) is 0 Å². The highest BCUT2D eigenvalue weighted by Gasteiger charge is 2.37. The zero-order valence-electron chi connectivity index (χ0n) is 15.9. The van der Waals surface area contributed by atoms with Gasteiger partial charge in [0.2, 0.25) is 5.91 Å². The van der Waals surface area contributed by atoms with Crippen LogP contribution in [0.15, 0.2) is 12.2 Å². The molecule has 8 heteroatoms. The summed E-state index contributed by atoms with van der Waals surface area (Å²) in [6.07, 6.45) is -1.73. The minimum absolute atomic E-state index is 0.159. The van der Waals surface area contributed by atoms with Crippen molar-refractivity contribution in [3.63, 3.8) is 0 Å². The van der Waals surface area contributed by atoms with Gasteiger partial charge in [0, 0.05) is 13.7 Å². The van der Waals surface area contributed by atoms with Crippen molar-refractivity contribution < 1.29 is 29.6 Å². The van der Waals surface area contributed by atoms with Crippen molar-refractivity contribution in [1.82, 2.24) is 10.6 Å². The molecule has 0 aromatic heterocycles. The smallest absolute Gasteiger partial charge is 0.252 e. The van der Waals surface area contributed by atoms with Gasteiger partial charge in [-0.25, -0.2) is 0 Å². The van der Waals surface area contributed by atoms with Crippen molar-refractivity contribution in [3.05, 3.63) is 12.2 Å². The first-order valence-corrected chi connectivity index (χ1v) is 9.00. The molecule has 1 heterocycles. The molecule has 0 saturated carbocycles. The average Bonchev–Trinajstić information content (AvgIpc) is 2.75. The molecule has 0 bridgehead atoms. The molecule has 0 aromatic rings. The van der Waals surface area contributed by atoms with E-state index in [9.17, 15) is 24.9 Å². The Morgan fingerprint density at radius 3 is 2.46 bits per heavy atom. The van der Waals surface area contributed by atoms with Crippen molar-refractivity contribution in [1.29, 1.82) is 0 Å². The molecule has 1 aliphatic rings. The largest absolute Gasteiger partial charge is 0.387 e. The van der Waals surface area contributed by atoms with Gasteiger partial charge < -0.3 is 30.7 Å². The van der Waals surface area contributed by atoms with Gasteiger partial charge in [-0.1, -0.05) is 32.9 Å². The summed E-state index contributed by atoms with van der Waals surface area (Å²) in [4.78, 5) is 24.5. The van der Waals surface area contributed by atoms with Gasteiger partial charge in [-0.2, -0.15) is 0 Å². The average molecular weight is 372 g/mol. The predicted octanol–water partition coefficient (Wildman–Crippen LogP) is -0.673. The van der Waals surface area contributed by atoms with E-state index in [0.717, 1.165) is 6.42 Å². The molecule has 1 fully saturated rings. The third-order valence-electron chi connectivity index (χ3n) is 4.42. The molecule has 26 heavy (non-hydrogen) atoms. The number of carbonyl (C=O) groups excluding carboxylic acids is 2. The van der Waals surface area contributed by atoms with Gasteiger partial charge in [-0.05, 0) is 24.7 Å². The number of aliphatic hydroxyl groups excluding tert-OH is 3. The number of rotatable bonds is 8. The molecule has 150 valence electrons. The Labute approximate surface area is 154 Å². The Balaban J connectivity index is 2.73. The molecule has 5 N–H and O–H groups in total. The molecule has 1 saturated heterocycles. The van der Waals surface area contributed by atoms with E-state index in [2.05, 4.69) is 10.6 Å². The minimum atomic E-state index is -1.65. The van der Waals surface area contributed by atoms with Crippen molar-refractivity contribution >= 4 is 11.8 Å². The third kappa shape index (κ3) is 6.68. The maximum atomic E-state index is 12.4. The predicted molar refractivity (Wildman–Crippen MR) is 96.1 cm³/mol. The molecular weight excluding hydrogens is 340 g/mol. The maximum absolute atomic E-state index is 12.4. The molecule has 0 aromatic carbocycles. The fourth-order valence-corrected chi connectivity index (χ4v) is 2.71. The lowest BCUT2D eigenvalue weighted by molar-refractivity contribution is -0.150. The van der Waals surface area contributed by atoms with Crippen LogP contribution in [0.3, 0.4) is 0 Å². The fraction of sp³-hybridized carbons (Fsp3) is 0.778. The zero-order valence-corrected chi connectivity index (χ0v) is 15.9. The summed E-state index contributed by atoms with van der Waals surface area (Å²) in [5.41, 5.74) is 0. The van der Waals surface area contributed by atoms with Gasteiger partial charge in [0.25, 0.3) is 5.91 Å².